The molecule has 0 aliphatic carbocycles. The Labute approximate surface area is 184 Å². The van der Waals surface area contributed by atoms with Crippen LogP contribution in [0.15, 0.2) is 47.9 Å². The second kappa shape index (κ2) is 9.10. The first-order chi connectivity index (χ1) is 14.5. The smallest absolute Gasteiger partial charge is 0.251 e. The third kappa shape index (κ3) is 5.72. The number of hydrogen-bond acceptors (Lipinski definition) is 5. The van der Waals surface area contributed by atoms with Gasteiger partial charge in [0.1, 0.15) is 0 Å². The van der Waals surface area contributed by atoms with Gasteiger partial charge in [0.25, 0.3) is 5.91 Å². The van der Waals surface area contributed by atoms with Crippen LogP contribution in [-0.4, -0.2) is 59.5 Å². The first-order valence-electron chi connectivity index (χ1n) is 10.5. The van der Waals surface area contributed by atoms with E-state index in [0.717, 1.165) is 0 Å². The number of sulfonamides is 1. The van der Waals surface area contributed by atoms with Crippen LogP contribution in [0.3, 0.4) is 0 Å². The van der Waals surface area contributed by atoms with Crippen molar-refractivity contribution in [3.05, 3.63) is 48.5 Å². The van der Waals surface area contributed by atoms with Crippen LogP contribution in [0.5, 0.6) is 0 Å². The summed E-state index contributed by atoms with van der Waals surface area (Å²) >= 11 is 0. The van der Waals surface area contributed by atoms with Gasteiger partial charge >= 0.3 is 0 Å². The number of ether oxygens (including phenoxy) is 1. The first-order valence-corrected chi connectivity index (χ1v) is 11.9. The quantitative estimate of drug-likeness (QED) is 0.733. The van der Waals surface area contributed by atoms with Crippen LogP contribution >= 0.6 is 0 Å². The van der Waals surface area contributed by atoms with Crippen molar-refractivity contribution in [2.24, 2.45) is 5.41 Å². The summed E-state index contributed by atoms with van der Waals surface area (Å²) in [5.41, 5.74) is 0.110. The average molecular weight is 449 g/mol. The number of aromatic nitrogens is 2. The second-order valence-electron chi connectivity index (χ2n) is 9.26. The van der Waals surface area contributed by atoms with E-state index in [1.54, 1.807) is 24.7 Å². The molecule has 3 rings (SSSR count). The lowest BCUT2D eigenvalue weighted by Crippen LogP contribution is -2.48. The number of hydrogen-bond donors (Lipinski definition) is 1. The fraction of sp³-hybridized carbons (Fsp3) is 0.545. The van der Waals surface area contributed by atoms with E-state index in [-0.39, 0.29) is 34.5 Å². The second-order valence-corrected chi connectivity index (χ2v) is 11.2. The van der Waals surface area contributed by atoms with Crippen molar-refractivity contribution in [3.63, 3.8) is 0 Å². The molecule has 1 N–H and O–H groups in total. The molecule has 31 heavy (non-hydrogen) atoms. The maximum absolute atomic E-state index is 13.2. The summed E-state index contributed by atoms with van der Waals surface area (Å²) in [5, 5.41) is 3.07. The predicted molar refractivity (Wildman–Crippen MR) is 118 cm³/mol. The van der Waals surface area contributed by atoms with Crippen molar-refractivity contribution in [2.75, 3.05) is 13.1 Å². The number of rotatable bonds is 6. The summed E-state index contributed by atoms with van der Waals surface area (Å²) in [5.74, 6) is -0.305. The minimum atomic E-state index is -3.72. The summed E-state index contributed by atoms with van der Waals surface area (Å²) < 4.78 is 35.3. The van der Waals surface area contributed by atoms with Crippen LogP contribution in [-0.2, 0) is 21.3 Å². The molecule has 1 saturated heterocycles. The van der Waals surface area contributed by atoms with E-state index >= 15 is 0 Å². The highest BCUT2D eigenvalue weighted by Crippen LogP contribution is 2.24. The highest BCUT2D eigenvalue weighted by atomic mass is 32.2. The van der Waals surface area contributed by atoms with Gasteiger partial charge < -0.3 is 14.6 Å². The molecule has 1 fully saturated rings. The Morgan fingerprint density at radius 1 is 1.26 bits per heavy atom. The predicted octanol–water partition coefficient (Wildman–Crippen LogP) is 2.53. The van der Waals surface area contributed by atoms with Gasteiger partial charge in [-0.15, -0.1) is 0 Å². The van der Waals surface area contributed by atoms with E-state index < -0.39 is 10.0 Å². The van der Waals surface area contributed by atoms with E-state index in [2.05, 4.69) is 31.1 Å². The molecular formula is C22H32N4O4S. The zero-order valence-electron chi connectivity index (χ0n) is 18.8. The topological polar surface area (TPSA) is 93.5 Å². The third-order valence-electron chi connectivity index (χ3n) is 5.42. The molecule has 1 aromatic heterocycles. The van der Waals surface area contributed by atoms with Crippen LogP contribution in [0.25, 0.3) is 0 Å². The summed E-state index contributed by atoms with van der Waals surface area (Å²) in [4.78, 5) is 17.2. The number of nitrogens with one attached hydrogen (secondary N) is 1. The van der Waals surface area contributed by atoms with Gasteiger partial charge in [-0.1, -0.05) is 26.8 Å². The fourth-order valence-electron chi connectivity index (χ4n) is 3.66. The summed E-state index contributed by atoms with van der Waals surface area (Å²) in [6, 6.07) is 6.05. The van der Waals surface area contributed by atoms with Gasteiger partial charge in [0, 0.05) is 37.6 Å². The molecule has 1 aromatic carbocycles. The Morgan fingerprint density at radius 3 is 2.52 bits per heavy atom. The molecule has 170 valence electrons. The van der Waals surface area contributed by atoms with E-state index in [4.69, 9.17) is 4.74 Å². The standard InChI is InChI=1S/C22H32N4O4S/c1-16-12-26(13-17(2)30-16)31(28,29)19-8-6-7-18(11-19)21(27)24-20(22(3,4)5)14-25-10-9-23-15-25/h6-11,15-17,20H,12-14H2,1-5H3,(H,24,27)/t16-,17-,20+/m1/s1. The molecule has 1 aliphatic heterocycles. The summed E-state index contributed by atoms with van der Waals surface area (Å²) in [7, 11) is -3.72. The summed E-state index contributed by atoms with van der Waals surface area (Å²) in [6.07, 6.45) is 4.90. The van der Waals surface area contributed by atoms with Crippen LogP contribution in [0.4, 0.5) is 0 Å². The van der Waals surface area contributed by atoms with Gasteiger partial charge in [0.15, 0.2) is 0 Å². The maximum atomic E-state index is 13.2. The van der Waals surface area contributed by atoms with Gasteiger partial charge in [0.05, 0.1) is 29.5 Å². The number of carbonyl (C=O) groups excluding carboxylic acids is 1. The zero-order valence-corrected chi connectivity index (χ0v) is 19.6. The van der Waals surface area contributed by atoms with Crippen molar-refractivity contribution in [1.82, 2.24) is 19.2 Å². The number of amides is 1. The lowest BCUT2D eigenvalue weighted by atomic mass is 9.86. The van der Waals surface area contributed by atoms with Crippen LogP contribution < -0.4 is 5.32 Å². The highest BCUT2D eigenvalue weighted by molar-refractivity contribution is 7.89. The van der Waals surface area contributed by atoms with Gasteiger partial charge in [-0.05, 0) is 37.5 Å². The molecule has 3 atom stereocenters. The summed E-state index contributed by atoms with van der Waals surface area (Å²) in [6.45, 7) is 11.0. The maximum Gasteiger partial charge on any atom is 0.251 e. The van der Waals surface area contributed by atoms with Crippen LogP contribution in [0.1, 0.15) is 45.0 Å². The monoisotopic (exact) mass is 448 g/mol. The van der Waals surface area contributed by atoms with Gasteiger partial charge in [0.2, 0.25) is 10.0 Å². The minimum absolute atomic E-state index is 0.114. The first kappa shape index (κ1) is 23.4. The number of imidazole rings is 1. The Kier molecular flexibility index (Phi) is 6.88. The largest absolute Gasteiger partial charge is 0.373 e. The third-order valence-corrected chi connectivity index (χ3v) is 7.25. The van der Waals surface area contributed by atoms with Crippen molar-refractivity contribution < 1.29 is 17.9 Å². The van der Waals surface area contributed by atoms with Crippen molar-refractivity contribution >= 4 is 15.9 Å². The average Bonchev–Trinajstić information content (AvgIpc) is 3.19. The normalized spacial score (nSPS) is 21.6. The van der Waals surface area contributed by atoms with E-state index in [9.17, 15) is 13.2 Å². The molecule has 1 aliphatic rings. The molecule has 2 heterocycles. The molecule has 0 bridgehead atoms. The lowest BCUT2D eigenvalue weighted by molar-refractivity contribution is -0.0440. The number of morpholine rings is 1. The number of benzene rings is 1. The Bertz CT molecular complexity index is 989. The van der Waals surface area contributed by atoms with E-state index in [1.807, 2.05) is 24.6 Å². The number of carbonyl (C=O) groups is 1. The van der Waals surface area contributed by atoms with E-state index in [0.29, 0.717) is 25.2 Å². The molecule has 0 spiro atoms. The zero-order chi connectivity index (χ0) is 22.8. The highest BCUT2D eigenvalue weighted by Gasteiger charge is 2.33. The molecule has 9 heteroatoms. The lowest BCUT2D eigenvalue weighted by Gasteiger charge is -2.34. The van der Waals surface area contributed by atoms with E-state index in [1.165, 1.54) is 16.4 Å². The van der Waals surface area contributed by atoms with Crippen molar-refractivity contribution in [1.29, 1.82) is 0 Å². The van der Waals surface area contributed by atoms with Crippen molar-refractivity contribution in [3.8, 4) is 0 Å². The minimum Gasteiger partial charge on any atom is -0.373 e. The van der Waals surface area contributed by atoms with Crippen LogP contribution in [0.2, 0.25) is 0 Å². The molecule has 8 nitrogen and oxygen atoms in total. The Morgan fingerprint density at radius 2 is 1.94 bits per heavy atom. The Hall–Kier alpha value is -2.23. The number of nitrogens with zero attached hydrogens (tertiary/aromatic N) is 3. The molecule has 0 saturated carbocycles. The molecule has 0 unspecified atom stereocenters. The van der Waals surface area contributed by atoms with Gasteiger partial charge in [-0.25, -0.2) is 13.4 Å². The molecule has 0 radical (unpaired) electrons. The molecule has 1 amide bonds. The van der Waals surface area contributed by atoms with Gasteiger partial charge in [-0.3, -0.25) is 4.79 Å². The fourth-order valence-corrected chi connectivity index (χ4v) is 5.29. The SMILES string of the molecule is C[C@@H]1CN(S(=O)(=O)c2cccc(C(=O)N[C@@H](Cn3ccnc3)C(C)(C)C)c2)C[C@@H](C)O1. The van der Waals surface area contributed by atoms with Gasteiger partial charge in [-0.2, -0.15) is 4.31 Å². The Balaban J connectivity index is 1.80. The molecule has 2 aromatic rings. The molecular weight excluding hydrogens is 416 g/mol. The van der Waals surface area contributed by atoms with Crippen molar-refractivity contribution in [2.45, 2.75) is 64.3 Å². The van der Waals surface area contributed by atoms with Crippen LogP contribution in [0, 0.1) is 5.41 Å².